The summed E-state index contributed by atoms with van der Waals surface area (Å²) in [5.74, 6) is 2.56. The van der Waals surface area contributed by atoms with Crippen molar-refractivity contribution >= 4 is 53.6 Å². The largest absolute Gasteiger partial charge is 0.452 e. The Morgan fingerprint density at radius 3 is 1.64 bits per heavy atom. The second kappa shape index (κ2) is 13.2. The molecule has 0 fully saturated rings. The van der Waals surface area contributed by atoms with E-state index in [4.69, 9.17) is 29.3 Å². The van der Waals surface area contributed by atoms with E-state index in [0.717, 1.165) is 75.7 Å². The van der Waals surface area contributed by atoms with Crippen LogP contribution in [0.15, 0.2) is 180 Å². The number of hydrogen-bond acceptors (Lipinski definition) is 7. The molecule has 11 rings (SSSR count). The second-order valence-corrected chi connectivity index (χ2v) is 14.7. The van der Waals surface area contributed by atoms with Crippen LogP contribution in [0.2, 0.25) is 0 Å². The van der Waals surface area contributed by atoms with Crippen molar-refractivity contribution < 1.29 is 4.42 Å². The molecule has 4 aromatic heterocycles. The average molecular weight is 736 g/mol. The quantitative estimate of drug-likeness (QED) is 0.169. The molecule has 6 nitrogen and oxygen atoms in total. The van der Waals surface area contributed by atoms with Gasteiger partial charge in [0.2, 0.25) is 0 Å². The molecule has 56 heavy (non-hydrogen) atoms. The Bertz CT molecular complexity index is 3180. The Hall–Kier alpha value is -7.35. The summed E-state index contributed by atoms with van der Waals surface area (Å²) in [5.41, 5.74) is 10.0. The molecule has 7 heteroatoms. The zero-order chi connectivity index (χ0) is 37.0. The first-order chi connectivity index (χ1) is 27.7. The topological polar surface area (TPSA) is 77.6 Å². The molecule has 4 heterocycles. The highest BCUT2D eigenvalue weighted by molar-refractivity contribution is 7.26. The van der Waals surface area contributed by atoms with Crippen molar-refractivity contribution in [3.8, 4) is 67.9 Å². The van der Waals surface area contributed by atoms with Crippen molar-refractivity contribution in [3.63, 3.8) is 0 Å². The number of para-hydroxylation sites is 1. The summed E-state index contributed by atoms with van der Waals surface area (Å²) in [6, 6.07) is 60.0. The van der Waals surface area contributed by atoms with Crippen LogP contribution in [0, 0.1) is 0 Å². The van der Waals surface area contributed by atoms with E-state index < -0.39 is 0 Å². The number of thiophene rings is 1. The van der Waals surface area contributed by atoms with Crippen LogP contribution < -0.4 is 0 Å². The zero-order valence-electron chi connectivity index (χ0n) is 29.8. The van der Waals surface area contributed by atoms with Crippen LogP contribution in [-0.2, 0) is 0 Å². The van der Waals surface area contributed by atoms with Gasteiger partial charge in [0.15, 0.2) is 28.9 Å². The smallest absolute Gasteiger partial charge is 0.180 e. The lowest BCUT2D eigenvalue weighted by Crippen LogP contribution is -2.00. The minimum atomic E-state index is 0.634. The number of rotatable bonds is 6. The average Bonchev–Trinajstić information content (AvgIpc) is 3.85. The summed E-state index contributed by atoms with van der Waals surface area (Å²) in [5, 5.41) is 3.20. The number of fused-ring (bicyclic) bond motifs is 6. The van der Waals surface area contributed by atoms with Gasteiger partial charge in [-0.25, -0.2) is 24.9 Å². The molecule has 0 aliphatic rings. The van der Waals surface area contributed by atoms with Crippen molar-refractivity contribution in [1.29, 1.82) is 0 Å². The van der Waals surface area contributed by atoms with Crippen molar-refractivity contribution in [2.45, 2.75) is 0 Å². The maximum Gasteiger partial charge on any atom is 0.180 e. The Morgan fingerprint density at radius 2 is 0.929 bits per heavy atom. The molecule has 0 amide bonds. The number of hydrogen-bond donors (Lipinski definition) is 0. The first kappa shape index (κ1) is 32.1. The van der Waals surface area contributed by atoms with Gasteiger partial charge in [0.05, 0.1) is 0 Å². The van der Waals surface area contributed by atoms with Crippen molar-refractivity contribution in [2.24, 2.45) is 0 Å². The molecule has 0 N–H and O–H groups in total. The van der Waals surface area contributed by atoms with Gasteiger partial charge in [-0.05, 0) is 35.4 Å². The SMILES string of the molecule is c1ccc(-c2ccc(-c3nc(-c4ccc5c(c4)sc4cccc(-c6nc(-c7ccccc7)nc(-c7ccccc7)n6)c45)c4oc5ccccc5c4n3)cc2)cc1. The lowest BCUT2D eigenvalue weighted by atomic mass is 10.0. The summed E-state index contributed by atoms with van der Waals surface area (Å²) >= 11 is 1.75. The standard InChI is InChI=1S/C49H29N5OS/c1-4-13-30(14-5-1)31-23-25-34(26-24-31)46-50-43(45-44(51-46)36-19-10-11-21-39(36)55-45)35-27-28-37-41(29-35)56-40-22-12-20-38(42(37)40)49-53-47(32-15-6-2-7-16-32)52-48(54-49)33-17-8-3-9-18-33/h1-29H. The molecule has 0 aliphatic heterocycles. The fourth-order valence-corrected chi connectivity index (χ4v) is 8.62. The van der Waals surface area contributed by atoms with Crippen LogP contribution >= 0.6 is 11.3 Å². The third kappa shape index (κ3) is 5.52. The first-order valence-electron chi connectivity index (χ1n) is 18.4. The van der Waals surface area contributed by atoms with E-state index in [1.807, 2.05) is 84.9 Å². The van der Waals surface area contributed by atoms with Gasteiger partial charge < -0.3 is 4.42 Å². The summed E-state index contributed by atoms with van der Waals surface area (Å²) in [4.78, 5) is 25.4. The predicted molar refractivity (Wildman–Crippen MR) is 228 cm³/mol. The molecule has 0 spiro atoms. The van der Waals surface area contributed by atoms with E-state index in [2.05, 4.69) is 91.0 Å². The van der Waals surface area contributed by atoms with Gasteiger partial charge in [0, 0.05) is 53.4 Å². The summed E-state index contributed by atoms with van der Waals surface area (Å²) in [6.07, 6.45) is 0. The monoisotopic (exact) mass is 735 g/mol. The second-order valence-electron chi connectivity index (χ2n) is 13.6. The fourth-order valence-electron chi connectivity index (χ4n) is 7.45. The summed E-state index contributed by atoms with van der Waals surface area (Å²) < 4.78 is 8.78. The third-order valence-electron chi connectivity index (χ3n) is 10.2. The molecule has 0 radical (unpaired) electrons. The predicted octanol–water partition coefficient (Wildman–Crippen LogP) is 12.9. The van der Waals surface area contributed by atoms with Crippen molar-refractivity contribution in [1.82, 2.24) is 24.9 Å². The number of aromatic nitrogens is 5. The van der Waals surface area contributed by atoms with Crippen molar-refractivity contribution in [3.05, 3.63) is 176 Å². The van der Waals surface area contributed by atoms with Crippen LogP contribution in [0.1, 0.15) is 0 Å². The number of nitrogens with zero attached hydrogens (tertiary/aromatic N) is 5. The maximum absolute atomic E-state index is 6.51. The number of benzene rings is 7. The highest BCUT2D eigenvalue weighted by Crippen LogP contribution is 2.43. The lowest BCUT2D eigenvalue weighted by Gasteiger charge is -2.10. The molecule has 0 saturated carbocycles. The third-order valence-corrected chi connectivity index (χ3v) is 11.3. The molecule has 262 valence electrons. The normalized spacial score (nSPS) is 11.6. The van der Waals surface area contributed by atoms with E-state index in [1.165, 1.54) is 5.56 Å². The van der Waals surface area contributed by atoms with Gasteiger partial charge in [-0.15, -0.1) is 11.3 Å². The Labute approximate surface area is 325 Å². The van der Waals surface area contributed by atoms with E-state index in [0.29, 0.717) is 28.9 Å². The Morgan fingerprint density at radius 1 is 0.375 bits per heavy atom. The summed E-state index contributed by atoms with van der Waals surface area (Å²) in [6.45, 7) is 0. The molecule has 11 aromatic rings. The molecule has 0 unspecified atom stereocenters. The van der Waals surface area contributed by atoms with Crippen LogP contribution in [0.5, 0.6) is 0 Å². The van der Waals surface area contributed by atoms with E-state index in [1.54, 1.807) is 11.3 Å². The van der Waals surface area contributed by atoms with Crippen LogP contribution in [0.4, 0.5) is 0 Å². The lowest BCUT2D eigenvalue weighted by molar-refractivity contribution is 0.667. The van der Waals surface area contributed by atoms with E-state index in [-0.39, 0.29) is 0 Å². The highest BCUT2D eigenvalue weighted by Gasteiger charge is 2.21. The minimum Gasteiger partial charge on any atom is -0.452 e. The Kier molecular flexibility index (Phi) is 7.57. The van der Waals surface area contributed by atoms with Crippen LogP contribution in [0.25, 0.3) is 110 Å². The van der Waals surface area contributed by atoms with Gasteiger partial charge in [0.25, 0.3) is 0 Å². The maximum atomic E-state index is 6.51. The van der Waals surface area contributed by atoms with Gasteiger partial charge in [0.1, 0.15) is 16.8 Å². The minimum absolute atomic E-state index is 0.634. The molecule has 0 aliphatic carbocycles. The molecule has 0 atom stereocenters. The van der Waals surface area contributed by atoms with Gasteiger partial charge in [-0.2, -0.15) is 0 Å². The van der Waals surface area contributed by atoms with Crippen LogP contribution in [-0.4, -0.2) is 24.9 Å². The molecular formula is C49H29N5OS. The Balaban J connectivity index is 1.07. The van der Waals surface area contributed by atoms with Gasteiger partial charge in [-0.3, -0.25) is 0 Å². The molecule has 0 bridgehead atoms. The van der Waals surface area contributed by atoms with Crippen molar-refractivity contribution in [2.75, 3.05) is 0 Å². The zero-order valence-corrected chi connectivity index (χ0v) is 30.6. The first-order valence-corrected chi connectivity index (χ1v) is 19.2. The van der Waals surface area contributed by atoms with Crippen LogP contribution in [0.3, 0.4) is 0 Å². The van der Waals surface area contributed by atoms with Gasteiger partial charge in [-0.1, -0.05) is 152 Å². The number of furan rings is 1. The van der Waals surface area contributed by atoms with Gasteiger partial charge >= 0.3 is 0 Å². The molecular weight excluding hydrogens is 707 g/mol. The van der Waals surface area contributed by atoms with E-state index in [9.17, 15) is 0 Å². The fraction of sp³-hybridized carbons (Fsp3) is 0. The summed E-state index contributed by atoms with van der Waals surface area (Å²) in [7, 11) is 0. The highest BCUT2D eigenvalue weighted by atomic mass is 32.1. The molecule has 7 aromatic carbocycles. The molecule has 0 saturated heterocycles. The van der Waals surface area contributed by atoms with E-state index >= 15 is 0 Å².